The average molecular weight is 537 g/mol. The van der Waals surface area contributed by atoms with E-state index in [0.29, 0.717) is 37.8 Å². The number of carboxylic acids is 1. The smallest absolute Gasteiger partial charge is 0.300 e. The number of aryl methyl sites for hydroxylation is 2. The number of halogens is 1. The van der Waals surface area contributed by atoms with E-state index in [9.17, 15) is 10.1 Å². The zero-order chi connectivity index (χ0) is 27.5. The molecule has 0 saturated carbocycles. The number of rotatable bonds is 5. The van der Waals surface area contributed by atoms with Gasteiger partial charge in [0.2, 0.25) is 11.9 Å². The number of aliphatic carboxylic acids is 1. The van der Waals surface area contributed by atoms with Crippen molar-refractivity contribution in [3.63, 3.8) is 0 Å². The lowest BCUT2D eigenvalue weighted by Gasteiger charge is -2.42. The topological polar surface area (TPSA) is 135 Å². The molecule has 0 radical (unpaired) electrons. The number of guanidine groups is 1. The lowest BCUT2D eigenvalue weighted by Crippen LogP contribution is -2.54. The molecule has 11 heteroatoms. The Morgan fingerprint density at radius 3 is 2.53 bits per heavy atom. The lowest BCUT2D eigenvalue weighted by molar-refractivity contribution is -0.136. The summed E-state index contributed by atoms with van der Waals surface area (Å²) in [5, 5.41) is 23.5. The third-order valence-electron chi connectivity index (χ3n) is 5.81. The molecule has 2 heterocycles. The van der Waals surface area contributed by atoms with Crippen molar-refractivity contribution in [2.75, 3.05) is 19.6 Å². The number of aromatic nitrogens is 1. The van der Waals surface area contributed by atoms with Gasteiger partial charge in [-0.05, 0) is 24.1 Å². The van der Waals surface area contributed by atoms with E-state index >= 15 is 0 Å². The van der Waals surface area contributed by atoms with Crippen LogP contribution in [-0.2, 0) is 16.0 Å². The van der Waals surface area contributed by atoms with Crippen LogP contribution >= 0.6 is 11.6 Å². The maximum atomic E-state index is 13.2. The second kappa shape index (κ2) is 13.8. The van der Waals surface area contributed by atoms with Gasteiger partial charge in [0.15, 0.2) is 11.3 Å². The molecule has 2 aromatic carbocycles. The lowest BCUT2D eigenvalue weighted by atomic mass is 10.0. The van der Waals surface area contributed by atoms with Crippen LogP contribution in [0.25, 0.3) is 0 Å². The van der Waals surface area contributed by atoms with Gasteiger partial charge in [-0.25, -0.2) is 4.99 Å². The second-order valence-electron chi connectivity index (χ2n) is 8.55. The summed E-state index contributed by atoms with van der Waals surface area (Å²) in [6.45, 7) is 4.61. The molecule has 2 N–H and O–H groups in total. The van der Waals surface area contributed by atoms with Crippen LogP contribution in [0.2, 0.25) is 5.15 Å². The Bertz CT molecular complexity index is 1300. The summed E-state index contributed by atoms with van der Waals surface area (Å²) in [6, 6.07) is 19.1. The Labute approximate surface area is 226 Å². The number of hydrogen-bond acceptors (Lipinski definition) is 6. The molecule has 1 saturated heterocycles. The number of para-hydroxylation sites is 1. The van der Waals surface area contributed by atoms with Crippen molar-refractivity contribution in [3.05, 3.63) is 82.7 Å². The number of hydrogen-bond donors (Lipinski definition) is 2. The van der Waals surface area contributed by atoms with E-state index in [0.717, 1.165) is 23.7 Å². The summed E-state index contributed by atoms with van der Waals surface area (Å²) in [5.74, 6) is 0.243. The molecular formula is C27H29ClN6O4. The molecule has 3 aromatic rings. The average Bonchev–Trinajstić information content (AvgIpc) is 3.33. The highest BCUT2D eigenvalue weighted by Crippen LogP contribution is 2.27. The molecule has 0 spiro atoms. The van der Waals surface area contributed by atoms with Gasteiger partial charge in [0.1, 0.15) is 5.76 Å². The highest BCUT2D eigenvalue weighted by molar-refractivity contribution is 6.29. The SMILES string of the molecule is CC(=O)O.Cc1ccccc1N=C(NC#N)N1CCN(C(=O)CCc2cc(Cl)no2)C(c2ccccc2)C1. The van der Waals surface area contributed by atoms with Gasteiger partial charge < -0.3 is 19.4 Å². The predicted octanol–water partition coefficient (Wildman–Crippen LogP) is 4.30. The van der Waals surface area contributed by atoms with Crippen LogP contribution in [0.3, 0.4) is 0 Å². The van der Waals surface area contributed by atoms with E-state index in [4.69, 9.17) is 31.0 Å². The minimum atomic E-state index is -0.833. The molecule has 0 aliphatic carbocycles. The summed E-state index contributed by atoms with van der Waals surface area (Å²) in [6.07, 6.45) is 2.72. The highest BCUT2D eigenvalue weighted by Gasteiger charge is 2.33. The van der Waals surface area contributed by atoms with Gasteiger partial charge in [-0.2, -0.15) is 5.26 Å². The fraction of sp³-hybridized carbons (Fsp3) is 0.296. The van der Waals surface area contributed by atoms with E-state index in [2.05, 4.69) is 10.5 Å². The van der Waals surface area contributed by atoms with Crippen molar-refractivity contribution >= 4 is 35.1 Å². The molecule has 1 fully saturated rings. The third kappa shape index (κ3) is 8.08. The first-order chi connectivity index (χ1) is 18.3. The number of carbonyl (C=O) groups excluding carboxylic acids is 1. The normalized spacial score (nSPS) is 15.2. The maximum Gasteiger partial charge on any atom is 0.300 e. The predicted molar refractivity (Wildman–Crippen MR) is 143 cm³/mol. The van der Waals surface area contributed by atoms with Crippen molar-refractivity contribution in [1.29, 1.82) is 5.26 Å². The fourth-order valence-electron chi connectivity index (χ4n) is 4.04. The van der Waals surface area contributed by atoms with Gasteiger partial charge in [0.05, 0.1) is 11.7 Å². The van der Waals surface area contributed by atoms with Crippen LogP contribution in [0.5, 0.6) is 0 Å². The van der Waals surface area contributed by atoms with Crippen molar-refractivity contribution in [2.24, 2.45) is 4.99 Å². The first-order valence-corrected chi connectivity index (χ1v) is 12.4. The molecule has 1 amide bonds. The number of nitriles is 1. The summed E-state index contributed by atoms with van der Waals surface area (Å²) >= 11 is 5.82. The molecule has 0 bridgehead atoms. The molecule has 1 aliphatic heterocycles. The van der Waals surface area contributed by atoms with Crippen molar-refractivity contribution in [2.45, 2.75) is 32.7 Å². The van der Waals surface area contributed by atoms with Crippen molar-refractivity contribution in [1.82, 2.24) is 20.3 Å². The Balaban J connectivity index is 0.000000934. The van der Waals surface area contributed by atoms with Gasteiger partial charge in [-0.15, -0.1) is 0 Å². The number of nitrogens with zero attached hydrogens (tertiary/aromatic N) is 5. The molecular weight excluding hydrogens is 508 g/mol. The largest absolute Gasteiger partial charge is 0.481 e. The molecule has 1 aliphatic rings. The van der Waals surface area contributed by atoms with Gasteiger partial charge in [-0.1, -0.05) is 65.3 Å². The zero-order valence-electron chi connectivity index (χ0n) is 21.2. The molecule has 198 valence electrons. The number of benzene rings is 2. The van der Waals surface area contributed by atoms with Crippen LogP contribution in [0.15, 0.2) is 70.2 Å². The Hall–Kier alpha value is -4.36. The highest BCUT2D eigenvalue weighted by atomic mass is 35.5. The summed E-state index contributed by atoms with van der Waals surface area (Å²) < 4.78 is 5.14. The maximum absolute atomic E-state index is 13.2. The number of amides is 1. The quantitative estimate of drug-likeness (QED) is 0.213. The Morgan fingerprint density at radius 2 is 1.89 bits per heavy atom. The zero-order valence-corrected chi connectivity index (χ0v) is 21.9. The third-order valence-corrected chi connectivity index (χ3v) is 5.99. The summed E-state index contributed by atoms with van der Waals surface area (Å²) in [5.41, 5.74) is 2.83. The van der Waals surface area contributed by atoms with Crippen LogP contribution in [0, 0.1) is 18.4 Å². The van der Waals surface area contributed by atoms with E-state index in [1.807, 2.05) is 77.5 Å². The minimum absolute atomic E-state index is 0.0201. The van der Waals surface area contributed by atoms with Crippen LogP contribution in [-0.4, -0.2) is 57.5 Å². The molecule has 10 nitrogen and oxygen atoms in total. The number of carbonyl (C=O) groups is 2. The van der Waals surface area contributed by atoms with Gasteiger partial charge in [-0.3, -0.25) is 14.9 Å². The first-order valence-electron chi connectivity index (χ1n) is 12.0. The standard InChI is InChI=1S/C25H25ClN6O2.C2H4O2/c1-18-7-5-6-10-21(18)29-25(28-17-27)31-13-14-32(22(16-31)19-8-3-2-4-9-19)24(33)12-11-20-15-23(26)30-34-20;1-2(3)4/h2-10,15,22H,11-14,16H2,1H3,(H,28,29);1H3,(H,3,4). The number of nitrogens with one attached hydrogen (secondary N) is 1. The van der Waals surface area contributed by atoms with E-state index in [1.165, 1.54) is 0 Å². The van der Waals surface area contributed by atoms with Crippen molar-refractivity contribution in [3.8, 4) is 6.19 Å². The molecule has 1 aromatic heterocycles. The molecule has 1 atom stereocenters. The summed E-state index contributed by atoms with van der Waals surface area (Å²) in [4.78, 5) is 30.8. The number of piperazine rings is 1. The molecule has 38 heavy (non-hydrogen) atoms. The molecule has 4 rings (SSSR count). The van der Waals surface area contributed by atoms with Crippen molar-refractivity contribution < 1.29 is 19.2 Å². The van der Waals surface area contributed by atoms with Crippen LogP contribution < -0.4 is 5.32 Å². The van der Waals surface area contributed by atoms with E-state index in [1.54, 1.807) is 6.07 Å². The number of aliphatic imine (C=N–C) groups is 1. The summed E-state index contributed by atoms with van der Waals surface area (Å²) in [7, 11) is 0. The van der Waals surface area contributed by atoms with Gasteiger partial charge in [0.25, 0.3) is 5.97 Å². The monoisotopic (exact) mass is 536 g/mol. The molecule has 1 unspecified atom stereocenters. The van der Waals surface area contributed by atoms with Gasteiger partial charge >= 0.3 is 0 Å². The Morgan fingerprint density at radius 1 is 1.21 bits per heavy atom. The van der Waals surface area contributed by atoms with Gasteiger partial charge in [0, 0.05) is 45.5 Å². The fourth-order valence-corrected chi connectivity index (χ4v) is 4.20. The van der Waals surface area contributed by atoms with E-state index < -0.39 is 5.97 Å². The minimum Gasteiger partial charge on any atom is -0.481 e. The van der Waals surface area contributed by atoms with Crippen LogP contribution in [0.4, 0.5) is 5.69 Å². The second-order valence-corrected chi connectivity index (χ2v) is 8.94. The van der Waals surface area contributed by atoms with E-state index in [-0.39, 0.29) is 23.5 Å². The number of carboxylic acid groups (broad SMARTS) is 1. The van der Waals surface area contributed by atoms with Crippen LogP contribution in [0.1, 0.15) is 36.3 Å². The Kier molecular flexibility index (Phi) is 10.3. The first kappa shape index (κ1) is 28.2.